The molecule has 1 aromatic rings. The third-order valence-electron chi connectivity index (χ3n) is 1.39. The number of aldehydes is 1. The number of benzene rings is 1. The van der Waals surface area contributed by atoms with Gasteiger partial charge in [0, 0.05) is 5.56 Å². The van der Waals surface area contributed by atoms with Gasteiger partial charge in [0.05, 0.1) is 0 Å². The van der Waals surface area contributed by atoms with E-state index in [-0.39, 0.29) is 0 Å². The van der Waals surface area contributed by atoms with Crippen molar-refractivity contribution >= 4 is 6.29 Å². The predicted octanol–water partition coefficient (Wildman–Crippen LogP) is 2.14. The molecule has 0 saturated carbocycles. The summed E-state index contributed by atoms with van der Waals surface area (Å²) in [4.78, 5) is 10.2. The van der Waals surface area contributed by atoms with Crippen LogP contribution in [-0.4, -0.2) is 19.3 Å². The van der Waals surface area contributed by atoms with Crippen molar-refractivity contribution < 1.29 is 18.3 Å². The molecule has 0 amide bonds. The zero-order chi connectivity index (χ0) is 9.68. The van der Waals surface area contributed by atoms with E-state index in [0.29, 0.717) is 17.6 Å². The second kappa shape index (κ2) is 4.54. The summed E-state index contributed by atoms with van der Waals surface area (Å²) in [6.45, 7) is -0.625. The van der Waals surface area contributed by atoms with Gasteiger partial charge in [0.15, 0.2) is 0 Å². The molecular formula is C9H8F2O2. The number of carbonyl (C=O) groups is 1. The average molecular weight is 186 g/mol. The lowest BCUT2D eigenvalue weighted by molar-refractivity contribution is 0.0818. The van der Waals surface area contributed by atoms with Gasteiger partial charge in [0.25, 0.3) is 6.43 Å². The van der Waals surface area contributed by atoms with Gasteiger partial charge < -0.3 is 4.74 Å². The highest BCUT2D eigenvalue weighted by Crippen LogP contribution is 2.11. The Kier molecular flexibility index (Phi) is 3.37. The molecule has 1 aromatic carbocycles. The van der Waals surface area contributed by atoms with Crippen molar-refractivity contribution in [2.24, 2.45) is 0 Å². The molecular weight excluding hydrogens is 178 g/mol. The van der Waals surface area contributed by atoms with E-state index in [1.807, 2.05) is 0 Å². The van der Waals surface area contributed by atoms with Crippen molar-refractivity contribution in [2.75, 3.05) is 6.61 Å². The molecule has 0 bridgehead atoms. The monoisotopic (exact) mass is 186 g/mol. The van der Waals surface area contributed by atoms with Crippen LogP contribution in [0.5, 0.6) is 5.75 Å². The van der Waals surface area contributed by atoms with Crippen LogP contribution in [0.2, 0.25) is 0 Å². The molecule has 0 aliphatic heterocycles. The molecule has 0 heterocycles. The van der Waals surface area contributed by atoms with Gasteiger partial charge in [-0.15, -0.1) is 0 Å². The Hall–Kier alpha value is -1.45. The molecule has 0 spiro atoms. The Bertz CT molecular complexity index is 269. The maximum absolute atomic E-state index is 11.7. The van der Waals surface area contributed by atoms with Crippen LogP contribution in [0.25, 0.3) is 0 Å². The van der Waals surface area contributed by atoms with Crippen LogP contribution in [0.1, 0.15) is 10.4 Å². The largest absolute Gasteiger partial charge is 0.488 e. The van der Waals surface area contributed by atoms with Crippen LogP contribution >= 0.6 is 0 Å². The number of hydrogen-bond acceptors (Lipinski definition) is 2. The SMILES string of the molecule is O=Cc1ccc(OCC(F)F)cc1. The van der Waals surface area contributed by atoms with Crippen molar-refractivity contribution in [1.29, 1.82) is 0 Å². The van der Waals surface area contributed by atoms with Crippen molar-refractivity contribution in [3.63, 3.8) is 0 Å². The molecule has 70 valence electrons. The first-order chi connectivity index (χ1) is 6.22. The van der Waals surface area contributed by atoms with Crippen molar-refractivity contribution in [3.05, 3.63) is 29.8 Å². The zero-order valence-corrected chi connectivity index (χ0v) is 6.74. The third-order valence-corrected chi connectivity index (χ3v) is 1.39. The van der Waals surface area contributed by atoms with Gasteiger partial charge in [0.2, 0.25) is 0 Å². The van der Waals surface area contributed by atoms with Gasteiger partial charge in [0.1, 0.15) is 18.6 Å². The summed E-state index contributed by atoms with van der Waals surface area (Å²) in [5, 5.41) is 0. The second-order valence-corrected chi connectivity index (χ2v) is 2.39. The quantitative estimate of drug-likeness (QED) is 0.673. The smallest absolute Gasteiger partial charge is 0.272 e. The van der Waals surface area contributed by atoms with E-state index >= 15 is 0 Å². The molecule has 0 radical (unpaired) electrons. The summed E-state index contributed by atoms with van der Waals surface area (Å²) in [5.41, 5.74) is 0.490. The van der Waals surface area contributed by atoms with Gasteiger partial charge in [-0.3, -0.25) is 4.79 Å². The van der Waals surface area contributed by atoms with E-state index in [1.165, 1.54) is 24.3 Å². The van der Waals surface area contributed by atoms with E-state index < -0.39 is 13.0 Å². The van der Waals surface area contributed by atoms with E-state index in [1.54, 1.807) is 0 Å². The van der Waals surface area contributed by atoms with Gasteiger partial charge in [-0.2, -0.15) is 0 Å². The number of rotatable bonds is 4. The van der Waals surface area contributed by atoms with Crippen LogP contribution in [0, 0.1) is 0 Å². The number of ether oxygens (including phenoxy) is 1. The first kappa shape index (κ1) is 9.64. The highest BCUT2D eigenvalue weighted by Gasteiger charge is 2.02. The van der Waals surface area contributed by atoms with Crippen molar-refractivity contribution in [2.45, 2.75) is 6.43 Å². The second-order valence-electron chi connectivity index (χ2n) is 2.39. The molecule has 0 N–H and O–H groups in total. The Morgan fingerprint density at radius 2 is 1.92 bits per heavy atom. The molecule has 0 atom stereocenters. The predicted molar refractivity (Wildman–Crippen MR) is 43.3 cm³/mol. The number of halogens is 2. The molecule has 2 nitrogen and oxygen atoms in total. The van der Waals surface area contributed by atoms with Gasteiger partial charge >= 0.3 is 0 Å². The minimum absolute atomic E-state index is 0.339. The standard InChI is InChI=1S/C9H8F2O2/c10-9(11)6-13-8-3-1-7(5-12)2-4-8/h1-5,9H,6H2. The van der Waals surface area contributed by atoms with Gasteiger partial charge in [-0.25, -0.2) is 8.78 Å². The third kappa shape index (κ3) is 3.19. The minimum Gasteiger partial charge on any atom is -0.488 e. The Labute approximate surface area is 74.1 Å². The van der Waals surface area contributed by atoms with Crippen LogP contribution < -0.4 is 4.74 Å². The van der Waals surface area contributed by atoms with E-state index in [0.717, 1.165) is 0 Å². The van der Waals surface area contributed by atoms with Gasteiger partial charge in [-0.1, -0.05) is 0 Å². The summed E-state index contributed by atoms with van der Waals surface area (Å²) < 4.78 is 28.1. The highest BCUT2D eigenvalue weighted by atomic mass is 19.3. The lowest BCUT2D eigenvalue weighted by atomic mass is 10.2. The summed E-state index contributed by atoms with van der Waals surface area (Å²) >= 11 is 0. The number of alkyl halides is 2. The fourth-order valence-corrected chi connectivity index (χ4v) is 0.802. The van der Waals surface area contributed by atoms with Crippen LogP contribution in [0.15, 0.2) is 24.3 Å². The summed E-state index contributed by atoms with van der Waals surface area (Å²) in [5.74, 6) is 0.339. The maximum Gasteiger partial charge on any atom is 0.272 e. The lowest BCUT2D eigenvalue weighted by Crippen LogP contribution is -2.06. The molecule has 0 aliphatic rings. The van der Waals surface area contributed by atoms with Crippen LogP contribution in [0.3, 0.4) is 0 Å². The Morgan fingerprint density at radius 3 is 2.38 bits per heavy atom. The van der Waals surface area contributed by atoms with Gasteiger partial charge in [-0.05, 0) is 24.3 Å². The van der Waals surface area contributed by atoms with Crippen molar-refractivity contribution in [1.82, 2.24) is 0 Å². The molecule has 4 heteroatoms. The zero-order valence-electron chi connectivity index (χ0n) is 6.74. The molecule has 0 aliphatic carbocycles. The molecule has 1 rings (SSSR count). The van der Waals surface area contributed by atoms with Crippen LogP contribution in [0.4, 0.5) is 8.78 Å². The minimum atomic E-state index is -2.48. The summed E-state index contributed by atoms with van der Waals surface area (Å²) in [6.07, 6.45) is -1.80. The fourth-order valence-electron chi connectivity index (χ4n) is 0.802. The van der Waals surface area contributed by atoms with Crippen LogP contribution in [-0.2, 0) is 0 Å². The van der Waals surface area contributed by atoms with E-state index in [2.05, 4.69) is 0 Å². The highest BCUT2D eigenvalue weighted by molar-refractivity contribution is 5.74. The van der Waals surface area contributed by atoms with Crippen molar-refractivity contribution in [3.8, 4) is 5.75 Å². The topological polar surface area (TPSA) is 26.3 Å². The molecule has 0 fully saturated rings. The van der Waals surface area contributed by atoms with E-state index in [9.17, 15) is 13.6 Å². The first-order valence-electron chi connectivity index (χ1n) is 3.68. The number of carbonyl (C=O) groups excluding carboxylic acids is 1. The Balaban J connectivity index is 2.54. The van der Waals surface area contributed by atoms with E-state index in [4.69, 9.17) is 4.74 Å². The lowest BCUT2D eigenvalue weighted by Gasteiger charge is -2.04. The summed E-state index contributed by atoms with van der Waals surface area (Å²) in [6, 6.07) is 5.97. The molecule has 0 aromatic heterocycles. The number of hydrogen-bond donors (Lipinski definition) is 0. The normalized spacial score (nSPS) is 10.1. The summed E-state index contributed by atoms with van der Waals surface area (Å²) in [7, 11) is 0. The first-order valence-corrected chi connectivity index (χ1v) is 3.68. The average Bonchev–Trinajstić information content (AvgIpc) is 2.15. The fraction of sp³-hybridized carbons (Fsp3) is 0.222. The maximum atomic E-state index is 11.7. The molecule has 0 saturated heterocycles. The molecule has 13 heavy (non-hydrogen) atoms. The Morgan fingerprint density at radius 1 is 1.31 bits per heavy atom. The molecule has 0 unspecified atom stereocenters.